The van der Waals surface area contributed by atoms with E-state index in [0.717, 1.165) is 57.4 Å². The summed E-state index contributed by atoms with van der Waals surface area (Å²) in [5.41, 5.74) is 0. The second-order valence-electron chi connectivity index (χ2n) is 6.24. The molecule has 5 nitrogen and oxygen atoms in total. The number of rotatable bonds is 9. The van der Waals surface area contributed by atoms with Crippen LogP contribution in [0.3, 0.4) is 0 Å². The first-order valence-electron chi connectivity index (χ1n) is 8.94. The molecule has 0 bridgehead atoms. The van der Waals surface area contributed by atoms with Gasteiger partial charge in [-0.2, -0.15) is 0 Å². The highest BCUT2D eigenvalue weighted by atomic mass is 127. The van der Waals surface area contributed by atoms with Gasteiger partial charge in [-0.05, 0) is 24.5 Å². The molecule has 2 N–H and O–H groups in total. The van der Waals surface area contributed by atoms with Crippen LogP contribution in [0.5, 0.6) is 0 Å². The van der Waals surface area contributed by atoms with E-state index < -0.39 is 0 Å². The molecule has 138 valence electrons. The van der Waals surface area contributed by atoms with E-state index in [4.69, 9.17) is 14.1 Å². The van der Waals surface area contributed by atoms with Crippen LogP contribution in [0.25, 0.3) is 0 Å². The van der Waals surface area contributed by atoms with E-state index in [2.05, 4.69) is 24.5 Å². The first-order chi connectivity index (χ1) is 11.3. The number of guanidine groups is 1. The van der Waals surface area contributed by atoms with Crippen molar-refractivity contribution in [2.75, 3.05) is 32.8 Å². The van der Waals surface area contributed by atoms with E-state index in [1.807, 2.05) is 12.1 Å². The lowest BCUT2D eigenvalue weighted by Crippen LogP contribution is -2.41. The minimum Gasteiger partial charge on any atom is -0.469 e. The Bertz CT molecular complexity index is 441. The van der Waals surface area contributed by atoms with Crippen molar-refractivity contribution >= 4 is 29.9 Å². The molecule has 1 atom stereocenters. The highest BCUT2D eigenvalue weighted by molar-refractivity contribution is 14.0. The van der Waals surface area contributed by atoms with Crippen molar-refractivity contribution in [3.63, 3.8) is 0 Å². The zero-order chi connectivity index (χ0) is 16.3. The average molecular weight is 449 g/mol. The third-order valence-corrected chi connectivity index (χ3v) is 4.49. The summed E-state index contributed by atoms with van der Waals surface area (Å²) in [5, 5.41) is 6.90. The molecule has 1 saturated heterocycles. The third kappa shape index (κ3) is 7.88. The van der Waals surface area contributed by atoms with Crippen molar-refractivity contribution < 1.29 is 9.15 Å². The molecule has 24 heavy (non-hydrogen) atoms. The number of ether oxygens (including phenoxy) is 1. The molecule has 1 fully saturated rings. The highest BCUT2D eigenvalue weighted by Gasteiger charge is 2.15. The minimum absolute atomic E-state index is 0. The van der Waals surface area contributed by atoms with Crippen molar-refractivity contribution in [2.24, 2.45) is 16.8 Å². The molecule has 0 radical (unpaired) electrons. The summed E-state index contributed by atoms with van der Waals surface area (Å²) in [6.45, 7) is 8.84. The summed E-state index contributed by atoms with van der Waals surface area (Å²) in [5.74, 6) is 3.17. The number of halogens is 1. The van der Waals surface area contributed by atoms with E-state index in [-0.39, 0.29) is 24.0 Å². The summed E-state index contributed by atoms with van der Waals surface area (Å²) in [6, 6.07) is 3.93. The SMILES string of the molecule is CCC(CC)CN=C(NCCc1ccco1)NCC1CCOC1.I. The van der Waals surface area contributed by atoms with Gasteiger partial charge in [0.2, 0.25) is 0 Å². The molecule has 0 aromatic carbocycles. The molecule has 0 saturated carbocycles. The van der Waals surface area contributed by atoms with Gasteiger partial charge in [0, 0.05) is 38.6 Å². The number of hydrogen-bond acceptors (Lipinski definition) is 3. The van der Waals surface area contributed by atoms with Crippen LogP contribution in [0.1, 0.15) is 38.9 Å². The van der Waals surface area contributed by atoms with Crippen LogP contribution in [0, 0.1) is 11.8 Å². The fourth-order valence-corrected chi connectivity index (χ4v) is 2.69. The monoisotopic (exact) mass is 449 g/mol. The van der Waals surface area contributed by atoms with Gasteiger partial charge in [0.1, 0.15) is 5.76 Å². The third-order valence-electron chi connectivity index (χ3n) is 4.49. The topological polar surface area (TPSA) is 58.8 Å². The van der Waals surface area contributed by atoms with Gasteiger partial charge in [-0.25, -0.2) is 0 Å². The first-order valence-corrected chi connectivity index (χ1v) is 8.94. The Hall–Kier alpha value is -0.760. The molecule has 1 unspecified atom stereocenters. The summed E-state index contributed by atoms with van der Waals surface area (Å²) in [7, 11) is 0. The Kier molecular flexibility index (Phi) is 11.2. The number of aliphatic imine (C=N–C) groups is 1. The molecule has 2 rings (SSSR count). The van der Waals surface area contributed by atoms with Gasteiger partial charge in [0.15, 0.2) is 5.96 Å². The van der Waals surface area contributed by atoms with E-state index in [1.54, 1.807) is 6.26 Å². The predicted octanol–water partition coefficient (Wildman–Crippen LogP) is 3.45. The van der Waals surface area contributed by atoms with Crippen LogP contribution in [0.2, 0.25) is 0 Å². The Morgan fingerprint density at radius 2 is 2.17 bits per heavy atom. The van der Waals surface area contributed by atoms with Crippen LogP contribution >= 0.6 is 24.0 Å². The van der Waals surface area contributed by atoms with Crippen LogP contribution in [-0.4, -0.2) is 38.8 Å². The van der Waals surface area contributed by atoms with Gasteiger partial charge < -0.3 is 19.8 Å². The fraction of sp³-hybridized carbons (Fsp3) is 0.722. The zero-order valence-electron chi connectivity index (χ0n) is 14.9. The largest absolute Gasteiger partial charge is 0.469 e. The normalized spacial score (nSPS) is 17.8. The standard InChI is InChI=1S/C18H31N3O2.HI/c1-3-15(4-2)12-20-18(21-13-16-8-11-22-14-16)19-9-7-17-6-5-10-23-17;/h5-6,10,15-16H,3-4,7-9,11-14H2,1-2H3,(H2,19,20,21);1H. The minimum atomic E-state index is 0. The molecule has 0 aliphatic carbocycles. The summed E-state index contributed by atoms with van der Waals surface area (Å²) in [4.78, 5) is 4.77. The second-order valence-corrected chi connectivity index (χ2v) is 6.24. The quantitative estimate of drug-likeness (QED) is 0.345. The maximum atomic E-state index is 5.44. The maximum absolute atomic E-state index is 5.44. The fourth-order valence-electron chi connectivity index (χ4n) is 2.69. The van der Waals surface area contributed by atoms with Crippen LogP contribution in [-0.2, 0) is 11.2 Å². The Morgan fingerprint density at radius 3 is 2.79 bits per heavy atom. The van der Waals surface area contributed by atoms with E-state index in [0.29, 0.717) is 11.8 Å². The van der Waals surface area contributed by atoms with Crippen molar-refractivity contribution in [3.05, 3.63) is 24.2 Å². The number of nitrogens with one attached hydrogen (secondary N) is 2. The molecular formula is C18H32IN3O2. The first kappa shape index (κ1) is 21.3. The lowest BCUT2D eigenvalue weighted by molar-refractivity contribution is 0.186. The zero-order valence-corrected chi connectivity index (χ0v) is 17.3. The van der Waals surface area contributed by atoms with Gasteiger partial charge >= 0.3 is 0 Å². The van der Waals surface area contributed by atoms with Crippen molar-refractivity contribution in [1.29, 1.82) is 0 Å². The average Bonchev–Trinajstić information content (AvgIpc) is 3.26. The second kappa shape index (κ2) is 12.6. The predicted molar refractivity (Wildman–Crippen MR) is 109 cm³/mol. The summed E-state index contributed by atoms with van der Waals surface area (Å²) < 4.78 is 10.8. The van der Waals surface area contributed by atoms with E-state index in [9.17, 15) is 0 Å². The van der Waals surface area contributed by atoms with Gasteiger partial charge in [-0.1, -0.05) is 26.7 Å². The maximum Gasteiger partial charge on any atom is 0.191 e. The summed E-state index contributed by atoms with van der Waals surface area (Å²) in [6.07, 6.45) is 6.08. The van der Waals surface area contributed by atoms with E-state index >= 15 is 0 Å². The van der Waals surface area contributed by atoms with Crippen molar-refractivity contribution in [1.82, 2.24) is 10.6 Å². The number of hydrogen-bond donors (Lipinski definition) is 2. The Labute approximate surface area is 163 Å². The molecule has 0 amide bonds. The van der Waals surface area contributed by atoms with Gasteiger partial charge in [0.05, 0.1) is 12.9 Å². The molecule has 1 aromatic rings. The van der Waals surface area contributed by atoms with Gasteiger partial charge in [-0.15, -0.1) is 24.0 Å². The van der Waals surface area contributed by atoms with Gasteiger partial charge in [0.25, 0.3) is 0 Å². The van der Waals surface area contributed by atoms with Crippen LogP contribution < -0.4 is 10.6 Å². The van der Waals surface area contributed by atoms with E-state index in [1.165, 1.54) is 12.8 Å². The van der Waals surface area contributed by atoms with Crippen molar-refractivity contribution in [3.8, 4) is 0 Å². The highest BCUT2D eigenvalue weighted by Crippen LogP contribution is 2.11. The van der Waals surface area contributed by atoms with Crippen LogP contribution in [0.4, 0.5) is 0 Å². The van der Waals surface area contributed by atoms with Crippen LogP contribution in [0.15, 0.2) is 27.8 Å². The molecule has 2 heterocycles. The Morgan fingerprint density at radius 1 is 1.33 bits per heavy atom. The number of nitrogens with zero attached hydrogens (tertiary/aromatic N) is 1. The Balaban J connectivity index is 0.00000288. The number of furan rings is 1. The molecule has 1 aromatic heterocycles. The van der Waals surface area contributed by atoms with Crippen molar-refractivity contribution in [2.45, 2.75) is 39.5 Å². The lowest BCUT2D eigenvalue weighted by atomic mass is 10.0. The molecular weight excluding hydrogens is 417 g/mol. The molecule has 1 aliphatic heterocycles. The summed E-state index contributed by atoms with van der Waals surface area (Å²) >= 11 is 0. The smallest absolute Gasteiger partial charge is 0.191 e. The van der Waals surface area contributed by atoms with Gasteiger partial charge in [-0.3, -0.25) is 4.99 Å². The lowest BCUT2D eigenvalue weighted by Gasteiger charge is -2.16. The molecule has 0 spiro atoms. The molecule has 6 heteroatoms. The molecule has 1 aliphatic rings.